The summed E-state index contributed by atoms with van der Waals surface area (Å²) in [6, 6.07) is 12.5. The van der Waals surface area contributed by atoms with Crippen LogP contribution < -0.4 is 15.8 Å². The summed E-state index contributed by atoms with van der Waals surface area (Å²) >= 11 is 0. The Bertz CT molecular complexity index is 852. The Labute approximate surface area is 160 Å². The molecule has 3 N–H and O–H groups in total. The highest BCUT2D eigenvalue weighted by atomic mass is 35.5. The molecule has 0 heterocycles. The first kappa shape index (κ1) is 22.0. The van der Waals surface area contributed by atoms with E-state index >= 15 is 0 Å². The summed E-state index contributed by atoms with van der Waals surface area (Å²) in [5, 5.41) is 2.74. The fourth-order valence-electron chi connectivity index (χ4n) is 2.04. The Hall–Kier alpha value is -2.09. The van der Waals surface area contributed by atoms with Crippen LogP contribution in [-0.4, -0.2) is 26.6 Å². The molecule has 26 heavy (non-hydrogen) atoms. The van der Waals surface area contributed by atoms with E-state index in [4.69, 9.17) is 10.5 Å². The van der Waals surface area contributed by atoms with Gasteiger partial charge in [-0.1, -0.05) is 19.9 Å². The zero-order valence-electron chi connectivity index (χ0n) is 14.8. The Balaban J connectivity index is 0.00000338. The lowest BCUT2D eigenvalue weighted by molar-refractivity contribution is -0.118. The number of hydrogen-bond acceptors (Lipinski definition) is 5. The van der Waals surface area contributed by atoms with Crippen LogP contribution >= 0.6 is 12.4 Å². The number of carbonyl (C=O) groups is 1. The highest BCUT2D eigenvalue weighted by Crippen LogP contribution is 2.25. The van der Waals surface area contributed by atoms with E-state index in [1.807, 2.05) is 13.8 Å². The molecule has 8 heteroatoms. The minimum atomic E-state index is -3.29. The molecular formula is C18H23ClN2O4S. The summed E-state index contributed by atoms with van der Waals surface area (Å²) in [4.78, 5) is 12.1. The van der Waals surface area contributed by atoms with Gasteiger partial charge in [-0.05, 0) is 48.4 Å². The molecule has 0 spiro atoms. The first-order chi connectivity index (χ1) is 11.7. The predicted octanol–water partition coefficient (Wildman–Crippen LogP) is 3.23. The number of halogens is 1. The van der Waals surface area contributed by atoms with Crippen LogP contribution in [0.3, 0.4) is 0 Å². The van der Waals surface area contributed by atoms with Crippen molar-refractivity contribution >= 4 is 33.8 Å². The van der Waals surface area contributed by atoms with E-state index in [-0.39, 0.29) is 29.1 Å². The number of carbonyl (C=O) groups excluding carboxylic acids is 1. The van der Waals surface area contributed by atoms with Gasteiger partial charge in [-0.2, -0.15) is 0 Å². The fourth-order valence-corrected chi connectivity index (χ4v) is 2.70. The Morgan fingerprint density at radius 3 is 2.23 bits per heavy atom. The van der Waals surface area contributed by atoms with E-state index < -0.39 is 15.9 Å². The van der Waals surface area contributed by atoms with Crippen LogP contribution in [0.4, 0.5) is 5.69 Å². The van der Waals surface area contributed by atoms with Gasteiger partial charge >= 0.3 is 0 Å². The number of nitrogens with two attached hydrogens (primary N) is 1. The van der Waals surface area contributed by atoms with Crippen LogP contribution in [0, 0.1) is 5.92 Å². The molecule has 1 atom stereocenters. The molecular weight excluding hydrogens is 376 g/mol. The van der Waals surface area contributed by atoms with E-state index in [0.29, 0.717) is 17.2 Å². The third-order valence-electron chi connectivity index (χ3n) is 3.61. The number of ether oxygens (including phenoxy) is 1. The third-order valence-corrected chi connectivity index (χ3v) is 4.72. The second kappa shape index (κ2) is 9.02. The van der Waals surface area contributed by atoms with E-state index in [1.165, 1.54) is 12.1 Å². The molecule has 0 saturated carbocycles. The SMILES string of the molecule is CC(C)[C@H](N)C(=O)Nc1ccc(Oc2cccc(S(C)(=O)=O)c2)cc1.Cl. The van der Waals surface area contributed by atoms with Crippen molar-refractivity contribution < 1.29 is 17.9 Å². The first-order valence-corrected chi connectivity index (χ1v) is 9.70. The Morgan fingerprint density at radius 2 is 1.69 bits per heavy atom. The van der Waals surface area contributed by atoms with Crippen molar-refractivity contribution in [3.8, 4) is 11.5 Å². The highest BCUT2D eigenvalue weighted by molar-refractivity contribution is 7.90. The van der Waals surface area contributed by atoms with Crippen molar-refractivity contribution in [2.24, 2.45) is 11.7 Å². The van der Waals surface area contributed by atoms with Crippen molar-refractivity contribution in [1.29, 1.82) is 0 Å². The van der Waals surface area contributed by atoms with Crippen LogP contribution in [0.25, 0.3) is 0 Å². The van der Waals surface area contributed by atoms with Gasteiger partial charge in [0.05, 0.1) is 10.9 Å². The average molecular weight is 399 g/mol. The third kappa shape index (κ3) is 6.01. The van der Waals surface area contributed by atoms with Crippen molar-refractivity contribution in [3.63, 3.8) is 0 Å². The number of rotatable bonds is 6. The topological polar surface area (TPSA) is 98.5 Å². The second-order valence-electron chi connectivity index (χ2n) is 6.13. The maximum atomic E-state index is 11.9. The van der Waals surface area contributed by atoms with Gasteiger partial charge in [0.2, 0.25) is 5.91 Å². The number of nitrogens with one attached hydrogen (secondary N) is 1. The van der Waals surface area contributed by atoms with Crippen LogP contribution in [0.5, 0.6) is 11.5 Å². The second-order valence-corrected chi connectivity index (χ2v) is 8.15. The van der Waals surface area contributed by atoms with Gasteiger partial charge in [0.1, 0.15) is 11.5 Å². The lowest BCUT2D eigenvalue weighted by Crippen LogP contribution is -2.39. The standard InChI is InChI=1S/C18H22N2O4S.ClH/c1-12(2)17(19)18(21)20-13-7-9-14(10-8-13)24-15-5-4-6-16(11-15)25(3,22)23;/h4-12,17H,19H2,1-3H3,(H,20,21);1H/t17-;/m0./s1. The molecule has 1 amide bonds. The number of hydrogen-bond donors (Lipinski definition) is 2. The predicted molar refractivity (Wildman–Crippen MR) is 105 cm³/mol. The van der Waals surface area contributed by atoms with Crippen LogP contribution in [0.15, 0.2) is 53.4 Å². The summed E-state index contributed by atoms with van der Waals surface area (Å²) in [6.45, 7) is 3.76. The molecule has 0 aliphatic heterocycles. The zero-order chi connectivity index (χ0) is 18.6. The van der Waals surface area contributed by atoms with Crippen molar-refractivity contribution in [2.75, 3.05) is 11.6 Å². The normalized spacial score (nSPS) is 12.2. The number of sulfone groups is 1. The largest absolute Gasteiger partial charge is 0.457 e. The number of anilines is 1. The smallest absolute Gasteiger partial charge is 0.241 e. The average Bonchev–Trinajstić information content (AvgIpc) is 2.55. The molecule has 0 unspecified atom stereocenters. The maximum Gasteiger partial charge on any atom is 0.241 e. The molecule has 6 nitrogen and oxygen atoms in total. The maximum absolute atomic E-state index is 11.9. The van der Waals surface area contributed by atoms with Gasteiger partial charge in [0, 0.05) is 11.9 Å². The molecule has 0 aliphatic carbocycles. The lowest BCUT2D eigenvalue weighted by atomic mass is 10.1. The lowest BCUT2D eigenvalue weighted by Gasteiger charge is -2.15. The summed E-state index contributed by atoms with van der Waals surface area (Å²) < 4.78 is 28.8. The molecule has 2 rings (SSSR count). The molecule has 0 aromatic heterocycles. The fraction of sp³-hybridized carbons (Fsp3) is 0.278. The van der Waals surface area contributed by atoms with E-state index in [0.717, 1.165) is 6.26 Å². The molecule has 142 valence electrons. The Morgan fingerprint density at radius 1 is 1.08 bits per heavy atom. The number of amides is 1. The van der Waals surface area contributed by atoms with E-state index in [1.54, 1.807) is 36.4 Å². The molecule has 2 aromatic carbocycles. The molecule has 0 bridgehead atoms. The quantitative estimate of drug-likeness (QED) is 0.778. The summed E-state index contributed by atoms with van der Waals surface area (Å²) in [5.41, 5.74) is 6.41. The van der Waals surface area contributed by atoms with Gasteiger partial charge in [-0.15, -0.1) is 12.4 Å². The van der Waals surface area contributed by atoms with Gasteiger partial charge in [0.15, 0.2) is 9.84 Å². The van der Waals surface area contributed by atoms with Crippen molar-refractivity contribution in [2.45, 2.75) is 24.8 Å². The molecule has 0 saturated heterocycles. The monoisotopic (exact) mass is 398 g/mol. The van der Waals surface area contributed by atoms with Gasteiger partial charge < -0.3 is 15.8 Å². The summed E-state index contributed by atoms with van der Waals surface area (Å²) in [7, 11) is -3.29. The van der Waals surface area contributed by atoms with Crippen molar-refractivity contribution in [1.82, 2.24) is 0 Å². The van der Waals surface area contributed by atoms with Gasteiger partial charge in [0.25, 0.3) is 0 Å². The minimum absolute atomic E-state index is 0. The first-order valence-electron chi connectivity index (χ1n) is 7.81. The molecule has 0 radical (unpaired) electrons. The van der Waals surface area contributed by atoms with Gasteiger partial charge in [-0.3, -0.25) is 4.79 Å². The van der Waals surface area contributed by atoms with Crippen LogP contribution in [0.1, 0.15) is 13.8 Å². The van der Waals surface area contributed by atoms with Crippen LogP contribution in [-0.2, 0) is 14.6 Å². The Kier molecular flexibility index (Phi) is 7.62. The molecule has 2 aromatic rings. The minimum Gasteiger partial charge on any atom is -0.457 e. The highest BCUT2D eigenvalue weighted by Gasteiger charge is 2.17. The van der Waals surface area contributed by atoms with Gasteiger partial charge in [-0.25, -0.2) is 8.42 Å². The summed E-state index contributed by atoms with van der Waals surface area (Å²) in [5.74, 6) is 0.743. The van der Waals surface area contributed by atoms with Crippen molar-refractivity contribution in [3.05, 3.63) is 48.5 Å². The summed E-state index contributed by atoms with van der Waals surface area (Å²) in [6.07, 6.45) is 1.14. The van der Waals surface area contributed by atoms with E-state index in [2.05, 4.69) is 5.32 Å². The zero-order valence-corrected chi connectivity index (χ0v) is 16.4. The molecule has 0 aliphatic rings. The van der Waals surface area contributed by atoms with E-state index in [9.17, 15) is 13.2 Å². The van der Waals surface area contributed by atoms with Crippen LogP contribution in [0.2, 0.25) is 0 Å². The number of benzene rings is 2. The molecule has 0 fully saturated rings.